The molecule has 2 heterocycles. The Morgan fingerprint density at radius 1 is 1.15 bits per heavy atom. The zero-order valence-electron chi connectivity index (χ0n) is 14.6. The van der Waals surface area contributed by atoms with E-state index >= 15 is 0 Å². The Labute approximate surface area is 152 Å². The summed E-state index contributed by atoms with van der Waals surface area (Å²) in [6.07, 6.45) is 2.53. The van der Waals surface area contributed by atoms with E-state index in [1.54, 1.807) is 4.90 Å². The number of urea groups is 1. The van der Waals surface area contributed by atoms with Gasteiger partial charge in [0.15, 0.2) is 0 Å². The van der Waals surface area contributed by atoms with Crippen molar-refractivity contribution in [3.8, 4) is 0 Å². The van der Waals surface area contributed by atoms with Crippen LogP contribution in [0.25, 0.3) is 0 Å². The molecule has 2 aliphatic rings. The van der Waals surface area contributed by atoms with Crippen molar-refractivity contribution in [2.24, 2.45) is 5.73 Å². The molecule has 2 saturated heterocycles. The number of ether oxygens (including phenoxy) is 1. The van der Waals surface area contributed by atoms with Crippen LogP contribution in [0.5, 0.6) is 0 Å². The Balaban J connectivity index is 1.41. The van der Waals surface area contributed by atoms with E-state index in [0.717, 1.165) is 12.8 Å². The van der Waals surface area contributed by atoms with Crippen LogP contribution in [0.1, 0.15) is 25.7 Å². The molecular formula is C18H25FN4O3. The third kappa shape index (κ3) is 4.70. The predicted octanol–water partition coefficient (Wildman–Crippen LogP) is 1.44. The van der Waals surface area contributed by atoms with Crippen molar-refractivity contribution in [1.82, 2.24) is 10.2 Å². The van der Waals surface area contributed by atoms with E-state index in [0.29, 0.717) is 38.2 Å². The number of likely N-dealkylation sites (tertiary alicyclic amines) is 1. The van der Waals surface area contributed by atoms with Gasteiger partial charge in [-0.2, -0.15) is 0 Å². The van der Waals surface area contributed by atoms with Crippen LogP contribution in [0.4, 0.5) is 14.9 Å². The second-order valence-electron chi connectivity index (χ2n) is 6.76. The van der Waals surface area contributed by atoms with Crippen LogP contribution in [0.2, 0.25) is 0 Å². The molecule has 4 N–H and O–H groups in total. The number of rotatable bonds is 4. The van der Waals surface area contributed by atoms with Gasteiger partial charge in [-0.15, -0.1) is 0 Å². The van der Waals surface area contributed by atoms with Crippen molar-refractivity contribution in [3.05, 3.63) is 30.1 Å². The molecule has 2 aliphatic heterocycles. The van der Waals surface area contributed by atoms with Crippen LogP contribution < -0.4 is 16.4 Å². The van der Waals surface area contributed by atoms with Crippen LogP contribution in [0, 0.1) is 5.82 Å². The Hall–Kier alpha value is -2.19. The maximum atomic E-state index is 12.9. The van der Waals surface area contributed by atoms with E-state index in [2.05, 4.69) is 10.6 Å². The van der Waals surface area contributed by atoms with E-state index in [1.165, 1.54) is 24.3 Å². The third-order valence-electron chi connectivity index (χ3n) is 4.89. The first-order chi connectivity index (χ1) is 12.5. The first-order valence-electron chi connectivity index (χ1n) is 9.02. The van der Waals surface area contributed by atoms with Crippen molar-refractivity contribution < 1.29 is 18.7 Å². The molecule has 0 spiro atoms. The maximum Gasteiger partial charge on any atom is 0.319 e. The van der Waals surface area contributed by atoms with E-state index in [4.69, 9.17) is 10.5 Å². The van der Waals surface area contributed by atoms with Gasteiger partial charge < -0.3 is 26.0 Å². The predicted molar refractivity (Wildman–Crippen MR) is 95.1 cm³/mol. The van der Waals surface area contributed by atoms with Crippen molar-refractivity contribution in [1.29, 1.82) is 0 Å². The second kappa shape index (κ2) is 8.46. The molecule has 0 saturated carbocycles. The van der Waals surface area contributed by atoms with Gasteiger partial charge in [0.2, 0.25) is 0 Å². The van der Waals surface area contributed by atoms with Crippen molar-refractivity contribution >= 4 is 17.6 Å². The standard InChI is InChI=1S/C18H25FN4O3/c19-12-1-3-13(4-2-12)21-18(25)22-14-7-9-23(10-8-14)17(24)16-6-5-15(11-20)26-16/h1-4,14-16H,5-11,20H2,(H2,21,22,25)/t15-,16+/m1/s1. The number of hydrogen-bond acceptors (Lipinski definition) is 4. The van der Waals surface area contributed by atoms with E-state index in [-0.39, 0.29) is 36.0 Å². The van der Waals surface area contributed by atoms with Gasteiger partial charge in [0, 0.05) is 31.4 Å². The summed E-state index contributed by atoms with van der Waals surface area (Å²) in [7, 11) is 0. The molecule has 26 heavy (non-hydrogen) atoms. The zero-order chi connectivity index (χ0) is 18.5. The van der Waals surface area contributed by atoms with E-state index in [1.807, 2.05) is 0 Å². The van der Waals surface area contributed by atoms with Gasteiger partial charge >= 0.3 is 6.03 Å². The SMILES string of the molecule is NC[C@H]1CC[C@@H](C(=O)N2CCC(NC(=O)Nc3ccc(F)cc3)CC2)O1. The van der Waals surface area contributed by atoms with Gasteiger partial charge in [-0.3, -0.25) is 4.79 Å². The molecule has 2 fully saturated rings. The Kier molecular flexibility index (Phi) is 6.05. The molecule has 3 rings (SSSR count). The summed E-state index contributed by atoms with van der Waals surface area (Å²) < 4.78 is 18.5. The van der Waals surface area contributed by atoms with Gasteiger partial charge in [-0.1, -0.05) is 0 Å². The highest BCUT2D eigenvalue weighted by Crippen LogP contribution is 2.22. The van der Waals surface area contributed by atoms with Crippen molar-refractivity contribution in [2.75, 3.05) is 25.0 Å². The fraction of sp³-hybridized carbons (Fsp3) is 0.556. The largest absolute Gasteiger partial charge is 0.364 e. The zero-order valence-corrected chi connectivity index (χ0v) is 14.6. The summed E-state index contributed by atoms with van der Waals surface area (Å²) in [4.78, 5) is 26.3. The van der Waals surface area contributed by atoms with Gasteiger partial charge in [0.05, 0.1) is 6.10 Å². The lowest BCUT2D eigenvalue weighted by molar-refractivity contribution is -0.143. The Morgan fingerprint density at radius 3 is 2.46 bits per heavy atom. The highest BCUT2D eigenvalue weighted by molar-refractivity contribution is 5.89. The van der Waals surface area contributed by atoms with E-state index < -0.39 is 0 Å². The fourth-order valence-corrected chi connectivity index (χ4v) is 3.39. The molecule has 142 valence electrons. The topological polar surface area (TPSA) is 96.7 Å². The average Bonchev–Trinajstić information content (AvgIpc) is 3.13. The first-order valence-corrected chi connectivity index (χ1v) is 9.02. The lowest BCUT2D eigenvalue weighted by atomic mass is 10.0. The number of nitrogens with zero attached hydrogens (tertiary/aromatic N) is 1. The molecule has 8 heteroatoms. The molecule has 2 atom stereocenters. The summed E-state index contributed by atoms with van der Waals surface area (Å²) in [6, 6.07) is 5.27. The van der Waals surface area contributed by atoms with Crippen LogP contribution in [-0.2, 0) is 9.53 Å². The Morgan fingerprint density at radius 2 is 1.85 bits per heavy atom. The molecule has 1 aromatic rings. The molecule has 0 aromatic heterocycles. The Bertz CT molecular complexity index is 632. The number of benzene rings is 1. The smallest absolute Gasteiger partial charge is 0.319 e. The first kappa shape index (κ1) is 18.6. The van der Waals surface area contributed by atoms with Gasteiger partial charge in [-0.25, -0.2) is 9.18 Å². The van der Waals surface area contributed by atoms with Crippen LogP contribution in [0.3, 0.4) is 0 Å². The number of piperidine rings is 1. The lowest BCUT2D eigenvalue weighted by Crippen LogP contribution is -2.49. The fourth-order valence-electron chi connectivity index (χ4n) is 3.39. The normalized spacial score (nSPS) is 23.7. The number of carbonyl (C=O) groups is 2. The lowest BCUT2D eigenvalue weighted by Gasteiger charge is -2.33. The maximum absolute atomic E-state index is 12.9. The van der Waals surface area contributed by atoms with Gasteiger partial charge in [-0.05, 0) is 49.9 Å². The van der Waals surface area contributed by atoms with Crippen LogP contribution >= 0.6 is 0 Å². The summed E-state index contributed by atoms with van der Waals surface area (Å²) in [5, 5.41) is 5.57. The van der Waals surface area contributed by atoms with E-state index in [9.17, 15) is 14.0 Å². The summed E-state index contributed by atoms with van der Waals surface area (Å²) >= 11 is 0. The highest BCUT2D eigenvalue weighted by Gasteiger charge is 2.34. The quantitative estimate of drug-likeness (QED) is 0.753. The summed E-state index contributed by atoms with van der Waals surface area (Å²) in [5.41, 5.74) is 6.12. The van der Waals surface area contributed by atoms with Crippen LogP contribution in [0.15, 0.2) is 24.3 Å². The number of hydrogen-bond donors (Lipinski definition) is 3. The molecular weight excluding hydrogens is 339 g/mol. The third-order valence-corrected chi connectivity index (χ3v) is 4.89. The molecule has 0 aliphatic carbocycles. The van der Waals surface area contributed by atoms with Crippen molar-refractivity contribution in [2.45, 2.75) is 43.9 Å². The van der Waals surface area contributed by atoms with Gasteiger partial charge in [0.25, 0.3) is 5.91 Å². The van der Waals surface area contributed by atoms with Crippen LogP contribution in [-0.4, -0.2) is 54.7 Å². The summed E-state index contributed by atoms with van der Waals surface area (Å²) in [6.45, 7) is 1.62. The van der Waals surface area contributed by atoms with Gasteiger partial charge in [0.1, 0.15) is 11.9 Å². The minimum Gasteiger partial charge on any atom is -0.364 e. The molecule has 0 bridgehead atoms. The number of amides is 3. The number of nitrogens with one attached hydrogen (secondary N) is 2. The molecule has 3 amide bonds. The minimum absolute atomic E-state index is 0.000727. The molecule has 0 unspecified atom stereocenters. The number of halogens is 1. The number of anilines is 1. The van der Waals surface area contributed by atoms with Crippen molar-refractivity contribution in [3.63, 3.8) is 0 Å². The molecule has 7 nitrogen and oxygen atoms in total. The highest BCUT2D eigenvalue weighted by atomic mass is 19.1. The second-order valence-corrected chi connectivity index (χ2v) is 6.76. The number of nitrogens with two attached hydrogens (primary N) is 1. The monoisotopic (exact) mass is 364 g/mol. The number of carbonyl (C=O) groups excluding carboxylic acids is 2. The minimum atomic E-state index is -0.380. The average molecular weight is 364 g/mol. The molecule has 0 radical (unpaired) electrons. The summed E-state index contributed by atoms with van der Waals surface area (Å²) in [5.74, 6) is -0.327. The molecule has 1 aromatic carbocycles.